The molecule has 2 heteroatoms. The van der Waals surface area contributed by atoms with E-state index < -0.39 is 0 Å². The fourth-order valence-electron chi connectivity index (χ4n) is 1.37. The van der Waals surface area contributed by atoms with Crippen molar-refractivity contribution < 1.29 is 9.53 Å². The molecule has 0 heterocycles. The van der Waals surface area contributed by atoms with Crippen LogP contribution in [0.1, 0.15) is 51.9 Å². The van der Waals surface area contributed by atoms with Crippen molar-refractivity contribution >= 4 is 5.97 Å². The van der Waals surface area contributed by atoms with E-state index in [4.69, 9.17) is 4.74 Å². The molecule has 0 rings (SSSR count). The minimum absolute atomic E-state index is 0.206. The van der Waals surface area contributed by atoms with Crippen LogP contribution in [0.2, 0.25) is 0 Å². The summed E-state index contributed by atoms with van der Waals surface area (Å²) in [5.41, 5.74) is 0. The number of carbonyl (C=O) groups excluding carboxylic acids is 1. The first-order chi connectivity index (χ1) is 7.81. The van der Waals surface area contributed by atoms with Gasteiger partial charge in [-0.3, -0.25) is 4.79 Å². The molecule has 0 aliphatic carbocycles. The second kappa shape index (κ2) is 12.0. The maximum atomic E-state index is 10.9. The highest BCUT2D eigenvalue weighted by Crippen LogP contribution is 2.05. The van der Waals surface area contributed by atoms with Crippen LogP contribution in [-0.4, -0.2) is 12.6 Å². The highest BCUT2D eigenvalue weighted by atomic mass is 16.5. The molecule has 0 saturated carbocycles. The van der Waals surface area contributed by atoms with Gasteiger partial charge >= 0.3 is 5.97 Å². The van der Waals surface area contributed by atoms with Crippen molar-refractivity contribution in [2.45, 2.75) is 51.9 Å². The van der Waals surface area contributed by atoms with Crippen LogP contribution in [0.3, 0.4) is 0 Å². The summed E-state index contributed by atoms with van der Waals surface area (Å²) in [5.74, 6) is -0.206. The second-order valence-corrected chi connectivity index (χ2v) is 3.85. The van der Waals surface area contributed by atoms with Crippen LogP contribution in [0, 0.1) is 0 Å². The van der Waals surface area contributed by atoms with Crippen molar-refractivity contribution in [2.75, 3.05) is 6.61 Å². The Bertz CT molecular complexity index is 207. The van der Waals surface area contributed by atoms with E-state index in [1.54, 1.807) is 6.08 Å². The van der Waals surface area contributed by atoms with Crippen molar-refractivity contribution in [2.24, 2.45) is 0 Å². The molecule has 0 saturated heterocycles. The zero-order chi connectivity index (χ0) is 12.1. The van der Waals surface area contributed by atoms with Gasteiger partial charge in [-0.05, 0) is 12.8 Å². The van der Waals surface area contributed by atoms with E-state index in [2.05, 4.69) is 19.6 Å². The van der Waals surface area contributed by atoms with Gasteiger partial charge < -0.3 is 4.74 Å². The highest BCUT2D eigenvalue weighted by Gasteiger charge is 1.95. The Labute approximate surface area is 99.4 Å². The highest BCUT2D eigenvalue weighted by molar-refractivity contribution is 5.71. The van der Waals surface area contributed by atoms with Crippen LogP contribution in [-0.2, 0) is 9.53 Å². The molecule has 0 spiro atoms. The summed E-state index contributed by atoms with van der Waals surface area (Å²) in [6, 6.07) is 0. The van der Waals surface area contributed by atoms with E-state index >= 15 is 0 Å². The number of esters is 1. The van der Waals surface area contributed by atoms with Crippen LogP contribution in [0.25, 0.3) is 0 Å². The summed E-state index contributed by atoms with van der Waals surface area (Å²) >= 11 is 0. The van der Waals surface area contributed by atoms with E-state index in [1.165, 1.54) is 32.1 Å². The van der Waals surface area contributed by atoms with Crippen LogP contribution >= 0.6 is 0 Å². The molecule has 0 unspecified atom stereocenters. The minimum Gasteiger partial charge on any atom is -0.461 e. The first kappa shape index (κ1) is 14.9. The lowest BCUT2D eigenvalue weighted by atomic mass is 10.1. The predicted octanol–water partition coefficient (Wildman–Crippen LogP) is 4.02. The molecule has 0 fully saturated rings. The predicted molar refractivity (Wildman–Crippen MR) is 68.3 cm³/mol. The summed E-state index contributed by atoms with van der Waals surface area (Å²) in [6.07, 6.45) is 13.4. The monoisotopic (exact) mass is 224 g/mol. The molecule has 0 aromatic heterocycles. The summed E-state index contributed by atoms with van der Waals surface area (Å²) in [7, 11) is 0. The molecule has 0 aromatic rings. The van der Waals surface area contributed by atoms with Crippen molar-refractivity contribution in [3.8, 4) is 0 Å². The van der Waals surface area contributed by atoms with E-state index in [0.29, 0.717) is 13.0 Å². The maximum Gasteiger partial charge on any atom is 0.309 e. The van der Waals surface area contributed by atoms with Gasteiger partial charge in [-0.2, -0.15) is 0 Å². The lowest BCUT2D eigenvalue weighted by Crippen LogP contribution is -2.02. The van der Waals surface area contributed by atoms with Gasteiger partial charge in [0.25, 0.3) is 0 Å². The fraction of sp³-hybridized carbons (Fsp3) is 0.643. The summed E-state index contributed by atoms with van der Waals surface area (Å²) in [5, 5.41) is 0. The SMILES string of the molecule is C=CCC(=O)OC/C=C/CCCCCCC. The van der Waals surface area contributed by atoms with Gasteiger partial charge in [0.05, 0.1) is 6.42 Å². The molecule has 0 aliphatic heterocycles. The van der Waals surface area contributed by atoms with Gasteiger partial charge in [-0.1, -0.05) is 50.8 Å². The first-order valence-electron chi connectivity index (χ1n) is 6.22. The Morgan fingerprint density at radius 3 is 2.62 bits per heavy atom. The zero-order valence-electron chi connectivity index (χ0n) is 10.4. The van der Waals surface area contributed by atoms with E-state index in [-0.39, 0.29) is 5.97 Å². The average molecular weight is 224 g/mol. The van der Waals surface area contributed by atoms with E-state index in [9.17, 15) is 4.79 Å². The lowest BCUT2D eigenvalue weighted by molar-refractivity contribution is -0.141. The van der Waals surface area contributed by atoms with Crippen molar-refractivity contribution in [1.29, 1.82) is 0 Å². The second-order valence-electron chi connectivity index (χ2n) is 3.85. The molecule has 0 radical (unpaired) electrons. The van der Waals surface area contributed by atoms with Crippen LogP contribution in [0.4, 0.5) is 0 Å². The molecule has 2 nitrogen and oxygen atoms in total. The Kier molecular flexibility index (Phi) is 11.2. The van der Waals surface area contributed by atoms with Crippen LogP contribution in [0.15, 0.2) is 24.8 Å². The molecule has 0 atom stereocenters. The largest absolute Gasteiger partial charge is 0.461 e. The molecule has 0 bridgehead atoms. The van der Waals surface area contributed by atoms with Gasteiger partial charge in [-0.25, -0.2) is 0 Å². The molecule has 0 aromatic carbocycles. The third-order valence-electron chi connectivity index (χ3n) is 2.29. The number of rotatable bonds is 10. The van der Waals surface area contributed by atoms with Gasteiger partial charge in [-0.15, -0.1) is 6.58 Å². The van der Waals surface area contributed by atoms with Crippen LogP contribution < -0.4 is 0 Å². The Morgan fingerprint density at radius 2 is 1.94 bits per heavy atom. The number of allylic oxidation sites excluding steroid dienone is 1. The average Bonchev–Trinajstić information content (AvgIpc) is 2.27. The molecular formula is C14H24O2. The Hall–Kier alpha value is -1.05. The molecule has 92 valence electrons. The van der Waals surface area contributed by atoms with E-state index in [0.717, 1.165) is 6.42 Å². The van der Waals surface area contributed by atoms with Gasteiger partial charge in [0.1, 0.15) is 6.61 Å². The summed E-state index contributed by atoms with van der Waals surface area (Å²) in [6.45, 7) is 6.09. The van der Waals surface area contributed by atoms with Crippen molar-refractivity contribution in [1.82, 2.24) is 0 Å². The number of hydrogen-bond donors (Lipinski definition) is 0. The minimum atomic E-state index is -0.206. The Morgan fingerprint density at radius 1 is 1.19 bits per heavy atom. The standard InChI is InChI=1S/C14H24O2/c1-3-5-6-7-8-9-10-11-13-16-14(15)12-4-2/h4,10-11H,2-3,5-9,12-13H2,1H3/b11-10+. The molecule has 0 amide bonds. The summed E-state index contributed by atoms with van der Waals surface area (Å²) in [4.78, 5) is 10.9. The smallest absolute Gasteiger partial charge is 0.309 e. The van der Waals surface area contributed by atoms with Crippen molar-refractivity contribution in [3.63, 3.8) is 0 Å². The number of carbonyl (C=O) groups is 1. The lowest BCUT2D eigenvalue weighted by Gasteiger charge is -1.98. The number of hydrogen-bond acceptors (Lipinski definition) is 2. The molecule has 0 N–H and O–H groups in total. The molecule has 16 heavy (non-hydrogen) atoms. The number of ether oxygens (including phenoxy) is 1. The normalized spacial score (nSPS) is 10.6. The quantitative estimate of drug-likeness (QED) is 0.318. The molecular weight excluding hydrogens is 200 g/mol. The number of unbranched alkanes of at least 4 members (excludes halogenated alkanes) is 5. The van der Waals surface area contributed by atoms with Gasteiger partial charge in [0, 0.05) is 0 Å². The third-order valence-corrected chi connectivity index (χ3v) is 2.29. The molecule has 0 aliphatic rings. The zero-order valence-corrected chi connectivity index (χ0v) is 10.4. The Balaban J connectivity index is 3.21. The third kappa shape index (κ3) is 11.0. The van der Waals surface area contributed by atoms with Crippen LogP contribution in [0.5, 0.6) is 0 Å². The van der Waals surface area contributed by atoms with E-state index in [1.807, 2.05) is 6.08 Å². The maximum absolute atomic E-state index is 10.9. The van der Waals surface area contributed by atoms with Crippen molar-refractivity contribution in [3.05, 3.63) is 24.8 Å². The summed E-state index contributed by atoms with van der Waals surface area (Å²) < 4.78 is 4.93. The fourth-order valence-corrected chi connectivity index (χ4v) is 1.37. The van der Waals surface area contributed by atoms with Gasteiger partial charge in [0.15, 0.2) is 0 Å². The topological polar surface area (TPSA) is 26.3 Å². The first-order valence-corrected chi connectivity index (χ1v) is 6.22. The van der Waals surface area contributed by atoms with Gasteiger partial charge in [0.2, 0.25) is 0 Å².